The number of rotatable bonds is 10. The molecule has 0 aliphatic heterocycles. The molecule has 0 aliphatic carbocycles. The molecule has 0 radical (unpaired) electrons. The summed E-state index contributed by atoms with van der Waals surface area (Å²) < 4.78 is 12.0. The molecule has 2 rings (SSSR count). The van der Waals surface area contributed by atoms with Gasteiger partial charge in [0, 0.05) is 21.4 Å². The maximum atomic E-state index is 12.0. The van der Waals surface area contributed by atoms with Gasteiger partial charge in [0.2, 0.25) is 0 Å². The standard InChI is InChI=1S/C20H23BrN4O3S/c1-5-7-28-18-10-16(21)15(9-17(18)27-6-2)11-22-25-19(26)12-29-20-23-13(3)8-14(4)24-20/h5,8-11H,1,6-7,12H2,2-4H3,(H,25,26)/b22-11-. The lowest BCUT2D eigenvalue weighted by Crippen LogP contribution is -2.20. The van der Waals surface area contributed by atoms with Gasteiger partial charge in [0.15, 0.2) is 16.7 Å². The SMILES string of the molecule is C=CCOc1cc(Br)c(/C=N\NC(=O)CSc2nc(C)cc(C)n2)cc1OCC. The van der Waals surface area contributed by atoms with E-state index in [1.807, 2.05) is 26.8 Å². The Bertz CT molecular complexity index is 885. The molecule has 154 valence electrons. The number of hydrogen-bond donors (Lipinski definition) is 1. The number of nitrogens with one attached hydrogen (secondary N) is 1. The Hall–Kier alpha value is -2.39. The Morgan fingerprint density at radius 3 is 2.59 bits per heavy atom. The molecule has 9 heteroatoms. The van der Waals surface area contributed by atoms with Crippen LogP contribution in [0.2, 0.25) is 0 Å². The van der Waals surface area contributed by atoms with Crippen LogP contribution in [0.15, 0.2) is 45.6 Å². The zero-order valence-corrected chi connectivity index (χ0v) is 19.0. The summed E-state index contributed by atoms with van der Waals surface area (Å²) in [6, 6.07) is 5.47. The third-order valence-electron chi connectivity index (χ3n) is 3.41. The normalized spacial score (nSPS) is 10.8. The van der Waals surface area contributed by atoms with Crippen LogP contribution in [-0.2, 0) is 4.79 Å². The van der Waals surface area contributed by atoms with E-state index in [1.54, 1.807) is 24.4 Å². The van der Waals surface area contributed by atoms with Crippen molar-refractivity contribution in [1.82, 2.24) is 15.4 Å². The number of carbonyl (C=O) groups excluding carboxylic acids is 1. The van der Waals surface area contributed by atoms with Crippen LogP contribution < -0.4 is 14.9 Å². The number of ether oxygens (including phenoxy) is 2. The molecule has 1 aromatic carbocycles. The molecule has 0 saturated heterocycles. The molecule has 0 unspecified atom stereocenters. The fraction of sp³-hybridized carbons (Fsp3) is 0.300. The number of thioether (sulfide) groups is 1. The molecule has 0 saturated carbocycles. The number of benzene rings is 1. The summed E-state index contributed by atoms with van der Waals surface area (Å²) in [5.41, 5.74) is 4.99. The van der Waals surface area contributed by atoms with E-state index < -0.39 is 0 Å². The molecule has 0 spiro atoms. The first-order chi connectivity index (χ1) is 13.9. The quantitative estimate of drug-likeness (QED) is 0.182. The fourth-order valence-electron chi connectivity index (χ4n) is 2.27. The Balaban J connectivity index is 1.98. The van der Waals surface area contributed by atoms with Crippen molar-refractivity contribution < 1.29 is 14.3 Å². The molecular formula is C20H23BrN4O3S. The van der Waals surface area contributed by atoms with Crippen LogP contribution in [0.5, 0.6) is 11.5 Å². The summed E-state index contributed by atoms with van der Waals surface area (Å²) in [5.74, 6) is 1.11. The highest BCUT2D eigenvalue weighted by Gasteiger charge is 2.10. The fourth-order valence-corrected chi connectivity index (χ4v) is 3.44. The number of amides is 1. The molecule has 1 amide bonds. The Kier molecular flexibility index (Phi) is 9.14. The third-order valence-corrected chi connectivity index (χ3v) is 4.94. The third kappa shape index (κ3) is 7.51. The predicted molar refractivity (Wildman–Crippen MR) is 119 cm³/mol. The van der Waals surface area contributed by atoms with Crippen LogP contribution in [0, 0.1) is 13.8 Å². The average molecular weight is 479 g/mol. The second kappa shape index (κ2) is 11.6. The lowest BCUT2D eigenvalue weighted by Gasteiger charge is -2.12. The molecule has 0 bridgehead atoms. The summed E-state index contributed by atoms with van der Waals surface area (Å²) in [7, 11) is 0. The Labute approximate surface area is 183 Å². The van der Waals surface area contributed by atoms with E-state index in [2.05, 4.69) is 43.0 Å². The number of hydrogen-bond acceptors (Lipinski definition) is 7. The van der Waals surface area contributed by atoms with Gasteiger partial charge < -0.3 is 9.47 Å². The minimum atomic E-state index is -0.249. The minimum absolute atomic E-state index is 0.167. The van der Waals surface area contributed by atoms with Crippen molar-refractivity contribution in [3.05, 3.63) is 52.3 Å². The second-order valence-electron chi connectivity index (χ2n) is 5.87. The molecule has 0 fully saturated rings. The topological polar surface area (TPSA) is 85.7 Å². The van der Waals surface area contributed by atoms with Crippen molar-refractivity contribution in [3.63, 3.8) is 0 Å². The van der Waals surface area contributed by atoms with Crippen molar-refractivity contribution in [3.8, 4) is 11.5 Å². The molecular weight excluding hydrogens is 456 g/mol. The van der Waals surface area contributed by atoms with Crippen LogP contribution in [0.4, 0.5) is 0 Å². The summed E-state index contributed by atoms with van der Waals surface area (Å²) in [5, 5.41) is 4.59. The van der Waals surface area contributed by atoms with Gasteiger partial charge in [0.1, 0.15) is 6.61 Å². The summed E-state index contributed by atoms with van der Waals surface area (Å²) in [6.07, 6.45) is 3.20. The highest BCUT2D eigenvalue weighted by Crippen LogP contribution is 2.33. The number of nitrogens with zero attached hydrogens (tertiary/aromatic N) is 3. The van der Waals surface area contributed by atoms with Gasteiger partial charge in [-0.25, -0.2) is 15.4 Å². The minimum Gasteiger partial charge on any atom is -0.490 e. The van der Waals surface area contributed by atoms with Gasteiger partial charge in [0.05, 0.1) is 18.6 Å². The molecule has 0 aliphatic rings. The van der Waals surface area contributed by atoms with Crippen molar-refractivity contribution in [2.45, 2.75) is 25.9 Å². The zero-order valence-electron chi connectivity index (χ0n) is 16.6. The van der Waals surface area contributed by atoms with Gasteiger partial charge in [-0.2, -0.15) is 5.10 Å². The first-order valence-electron chi connectivity index (χ1n) is 8.90. The maximum Gasteiger partial charge on any atom is 0.250 e. The Morgan fingerprint density at radius 2 is 1.93 bits per heavy atom. The van der Waals surface area contributed by atoms with E-state index in [4.69, 9.17) is 9.47 Å². The van der Waals surface area contributed by atoms with E-state index in [1.165, 1.54) is 11.8 Å². The second-order valence-corrected chi connectivity index (χ2v) is 7.67. The van der Waals surface area contributed by atoms with Gasteiger partial charge >= 0.3 is 0 Å². The summed E-state index contributed by atoms with van der Waals surface area (Å²) in [4.78, 5) is 20.6. The number of hydrazone groups is 1. The van der Waals surface area contributed by atoms with Gasteiger partial charge in [-0.1, -0.05) is 24.4 Å². The van der Waals surface area contributed by atoms with Gasteiger partial charge in [-0.15, -0.1) is 0 Å². The molecule has 1 aromatic heterocycles. The van der Waals surface area contributed by atoms with Crippen LogP contribution >= 0.6 is 27.7 Å². The van der Waals surface area contributed by atoms with Crippen LogP contribution in [0.1, 0.15) is 23.9 Å². The van der Waals surface area contributed by atoms with Crippen molar-refractivity contribution in [1.29, 1.82) is 0 Å². The smallest absolute Gasteiger partial charge is 0.250 e. The predicted octanol–water partition coefficient (Wildman–Crippen LogP) is 4.06. The summed E-state index contributed by atoms with van der Waals surface area (Å²) >= 11 is 4.74. The van der Waals surface area contributed by atoms with Gasteiger partial charge in [0.25, 0.3) is 5.91 Å². The van der Waals surface area contributed by atoms with E-state index >= 15 is 0 Å². The first-order valence-corrected chi connectivity index (χ1v) is 10.7. The highest BCUT2D eigenvalue weighted by atomic mass is 79.9. The van der Waals surface area contributed by atoms with E-state index in [-0.39, 0.29) is 11.7 Å². The summed E-state index contributed by atoms with van der Waals surface area (Å²) in [6.45, 7) is 10.2. The number of aromatic nitrogens is 2. The molecule has 29 heavy (non-hydrogen) atoms. The molecule has 7 nitrogen and oxygen atoms in total. The lowest BCUT2D eigenvalue weighted by molar-refractivity contribution is -0.118. The maximum absolute atomic E-state index is 12.0. The van der Waals surface area contributed by atoms with Gasteiger partial charge in [-0.3, -0.25) is 4.79 Å². The van der Waals surface area contributed by atoms with Gasteiger partial charge in [-0.05, 0) is 54.9 Å². The monoisotopic (exact) mass is 478 g/mol. The average Bonchev–Trinajstić information content (AvgIpc) is 2.66. The van der Waals surface area contributed by atoms with Crippen LogP contribution in [0.3, 0.4) is 0 Å². The van der Waals surface area contributed by atoms with Crippen molar-refractivity contribution in [2.24, 2.45) is 5.10 Å². The number of halogens is 1. The van der Waals surface area contributed by atoms with Crippen molar-refractivity contribution >= 4 is 39.8 Å². The molecule has 1 N–H and O–H groups in total. The van der Waals surface area contributed by atoms with E-state index in [9.17, 15) is 4.79 Å². The number of carbonyl (C=O) groups is 1. The molecule has 1 heterocycles. The van der Waals surface area contributed by atoms with Crippen LogP contribution in [0.25, 0.3) is 0 Å². The first kappa shape index (κ1) is 22.9. The van der Waals surface area contributed by atoms with Crippen molar-refractivity contribution in [2.75, 3.05) is 19.0 Å². The van der Waals surface area contributed by atoms with E-state index in [0.29, 0.717) is 29.9 Å². The lowest BCUT2D eigenvalue weighted by atomic mass is 10.2. The zero-order chi connectivity index (χ0) is 21.2. The molecule has 0 atom stereocenters. The molecule has 2 aromatic rings. The largest absolute Gasteiger partial charge is 0.490 e. The Morgan fingerprint density at radius 1 is 1.24 bits per heavy atom. The van der Waals surface area contributed by atoms with Crippen LogP contribution in [-0.4, -0.2) is 41.1 Å². The highest BCUT2D eigenvalue weighted by molar-refractivity contribution is 9.10. The number of aryl methyl sites for hydroxylation is 2. The van der Waals surface area contributed by atoms with E-state index in [0.717, 1.165) is 21.4 Å².